The Kier molecular flexibility index (Phi) is 11.2. The van der Waals surface area contributed by atoms with Crippen LogP contribution in [0.3, 0.4) is 0 Å². The maximum absolute atomic E-state index is 13.1. The van der Waals surface area contributed by atoms with Crippen LogP contribution in [0.1, 0.15) is 36.0 Å². The topological polar surface area (TPSA) is 41.0 Å². The quantitative estimate of drug-likeness (QED) is 0.290. The molecule has 3 aromatic rings. The van der Waals surface area contributed by atoms with Gasteiger partial charge in [0.25, 0.3) is 0 Å². The van der Waals surface area contributed by atoms with Crippen LogP contribution >= 0.6 is 24.8 Å². The number of halogens is 8. The minimum Gasteiger partial charge on any atom is -0.369 e. The molecule has 4 rings (SSSR count). The Morgan fingerprint density at radius 3 is 1.92 bits per heavy atom. The molecule has 1 saturated heterocycles. The first-order valence-electron chi connectivity index (χ1n) is 11.7. The number of benzene rings is 2. The van der Waals surface area contributed by atoms with E-state index in [2.05, 4.69) is 32.5 Å². The van der Waals surface area contributed by atoms with Crippen LogP contribution in [-0.4, -0.2) is 34.7 Å². The van der Waals surface area contributed by atoms with Gasteiger partial charge in [-0.2, -0.15) is 26.3 Å². The predicted molar refractivity (Wildman–Crippen MR) is 140 cm³/mol. The maximum Gasteiger partial charge on any atom is 0.416 e. The van der Waals surface area contributed by atoms with Crippen molar-refractivity contribution in [3.63, 3.8) is 0 Å². The lowest BCUT2D eigenvalue weighted by Gasteiger charge is -2.32. The molecule has 0 saturated carbocycles. The van der Waals surface area contributed by atoms with E-state index in [0.717, 1.165) is 38.9 Å². The normalized spacial score (nSPS) is 14.9. The van der Waals surface area contributed by atoms with Crippen molar-refractivity contribution in [1.82, 2.24) is 15.1 Å². The smallest absolute Gasteiger partial charge is 0.369 e. The van der Waals surface area contributed by atoms with Gasteiger partial charge in [0.15, 0.2) is 0 Å². The van der Waals surface area contributed by atoms with E-state index in [-0.39, 0.29) is 42.1 Å². The van der Waals surface area contributed by atoms with Crippen LogP contribution in [-0.2, 0) is 18.9 Å². The molecule has 208 valence electrons. The first kappa shape index (κ1) is 31.7. The van der Waals surface area contributed by atoms with Crippen molar-refractivity contribution >= 4 is 30.6 Å². The summed E-state index contributed by atoms with van der Waals surface area (Å²) in [5, 5.41) is 11.0. The van der Waals surface area contributed by atoms with Crippen molar-refractivity contribution < 1.29 is 26.3 Å². The number of aromatic nitrogens is 2. The van der Waals surface area contributed by atoms with E-state index in [1.54, 1.807) is 0 Å². The summed E-state index contributed by atoms with van der Waals surface area (Å²) >= 11 is 0. The van der Waals surface area contributed by atoms with Crippen molar-refractivity contribution in [2.75, 3.05) is 25.0 Å². The molecule has 1 fully saturated rings. The van der Waals surface area contributed by atoms with E-state index in [0.29, 0.717) is 30.4 Å². The number of alkyl halides is 6. The zero-order valence-corrected chi connectivity index (χ0v) is 21.9. The van der Waals surface area contributed by atoms with Gasteiger partial charge in [0, 0.05) is 18.7 Å². The number of piperidine rings is 1. The number of hydrogen-bond donors (Lipinski definition) is 1. The lowest BCUT2D eigenvalue weighted by molar-refractivity contribution is -0.143. The molecule has 38 heavy (non-hydrogen) atoms. The highest BCUT2D eigenvalue weighted by Gasteiger charge is 2.37. The molecule has 0 spiro atoms. The Morgan fingerprint density at radius 2 is 1.39 bits per heavy atom. The van der Waals surface area contributed by atoms with Crippen LogP contribution in [0.5, 0.6) is 0 Å². The first-order chi connectivity index (χ1) is 17.1. The third kappa shape index (κ3) is 8.74. The molecule has 12 heteroatoms. The molecule has 1 aliphatic heterocycles. The number of rotatable bonds is 7. The molecule has 0 bridgehead atoms. The Balaban J connectivity index is 0.00000253. The van der Waals surface area contributed by atoms with E-state index in [1.807, 2.05) is 18.2 Å². The molecule has 1 aromatic heterocycles. The predicted octanol–water partition coefficient (Wildman–Crippen LogP) is 7.74. The molecule has 0 aliphatic carbocycles. The zero-order valence-electron chi connectivity index (χ0n) is 20.2. The third-order valence-corrected chi connectivity index (χ3v) is 6.36. The SMILES string of the molecule is Cl.Cl.FC(F)(F)c1cc(-c2ccc(NCCC3CCN(Cc4ccccc4)CC3)nn2)cc(C(F)(F)F)c1. The van der Waals surface area contributed by atoms with Crippen molar-refractivity contribution in [3.8, 4) is 11.3 Å². The molecule has 0 radical (unpaired) electrons. The van der Waals surface area contributed by atoms with E-state index in [1.165, 1.54) is 17.7 Å². The fourth-order valence-electron chi connectivity index (χ4n) is 4.36. The standard InChI is InChI=1S/C26H26F6N4.2ClH/c27-25(28,29)21-14-20(15-22(16-21)26(30,31)32)23-6-7-24(35-34-23)33-11-8-18-9-12-36(13-10-18)17-19-4-2-1-3-5-19;;/h1-7,14-16,18H,8-13,17H2,(H,33,35);2*1H. The second-order valence-corrected chi connectivity index (χ2v) is 9.02. The van der Waals surface area contributed by atoms with E-state index in [4.69, 9.17) is 0 Å². The summed E-state index contributed by atoms with van der Waals surface area (Å²) in [6, 6.07) is 14.6. The van der Waals surface area contributed by atoms with Gasteiger partial charge >= 0.3 is 12.4 Å². The van der Waals surface area contributed by atoms with Crippen molar-refractivity contribution in [1.29, 1.82) is 0 Å². The highest BCUT2D eigenvalue weighted by atomic mass is 35.5. The molecule has 1 aliphatic rings. The summed E-state index contributed by atoms with van der Waals surface area (Å²) in [5.41, 5.74) is -1.82. The molecule has 4 nitrogen and oxygen atoms in total. The minimum atomic E-state index is -4.91. The number of anilines is 1. The van der Waals surface area contributed by atoms with E-state index < -0.39 is 23.5 Å². The van der Waals surface area contributed by atoms with Gasteiger partial charge in [-0.25, -0.2) is 0 Å². The Hall–Kier alpha value is -2.56. The summed E-state index contributed by atoms with van der Waals surface area (Å²) < 4.78 is 78.7. The van der Waals surface area contributed by atoms with Gasteiger partial charge in [0.05, 0.1) is 16.8 Å². The van der Waals surface area contributed by atoms with Crippen molar-refractivity contribution in [3.05, 3.63) is 77.4 Å². The first-order valence-corrected chi connectivity index (χ1v) is 11.7. The van der Waals surface area contributed by atoms with Gasteiger partial charge in [-0.15, -0.1) is 35.0 Å². The van der Waals surface area contributed by atoms with Gasteiger partial charge in [0.1, 0.15) is 5.82 Å². The molecule has 2 heterocycles. The maximum atomic E-state index is 13.1. The van der Waals surface area contributed by atoms with Crippen LogP contribution in [0.25, 0.3) is 11.3 Å². The summed E-state index contributed by atoms with van der Waals surface area (Å²) in [6.45, 7) is 3.67. The summed E-state index contributed by atoms with van der Waals surface area (Å²) in [5.74, 6) is 0.992. The van der Waals surface area contributed by atoms with Gasteiger partial charge in [-0.1, -0.05) is 30.3 Å². The number of hydrogen-bond acceptors (Lipinski definition) is 4. The fraction of sp³-hybridized carbons (Fsp3) is 0.385. The van der Waals surface area contributed by atoms with Gasteiger partial charge in [-0.05, 0) is 74.2 Å². The van der Waals surface area contributed by atoms with Crippen molar-refractivity contribution in [2.45, 2.75) is 38.2 Å². The van der Waals surface area contributed by atoms with Gasteiger partial charge in [-0.3, -0.25) is 4.90 Å². The van der Waals surface area contributed by atoms with Gasteiger partial charge < -0.3 is 5.32 Å². The van der Waals surface area contributed by atoms with Gasteiger partial charge in [0.2, 0.25) is 0 Å². The zero-order chi connectivity index (χ0) is 25.8. The highest BCUT2D eigenvalue weighted by Crippen LogP contribution is 2.38. The van der Waals surface area contributed by atoms with E-state index >= 15 is 0 Å². The van der Waals surface area contributed by atoms with Crippen LogP contribution in [0.2, 0.25) is 0 Å². The number of nitrogens with zero attached hydrogens (tertiary/aromatic N) is 3. The molecular formula is C26H28Cl2F6N4. The second-order valence-electron chi connectivity index (χ2n) is 9.02. The Bertz CT molecular complexity index is 1100. The molecular weight excluding hydrogens is 553 g/mol. The second kappa shape index (κ2) is 13.5. The van der Waals surface area contributed by atoms with Crippen molar-refractivity contribution in [2.24, 2.45) is 5.92 Å². The number of likely N-dealkylation sites (tertiary alicyclic amines) is 1. The molecule has 0 amide bonds. The third-order valence-electron chi connectivity index (χ3n) is 6.36. The van der Waals surface area contributed by atoms with Crippen LogP contribution < -0.4 is 5.32 Å². The van der Waals surface area contributed by atoms with Crippen LogP contribution in [0, 0.1) is 5.92 Å². The summed E-state index contributed by atoms with van der Waals surface area (Å²) in [4.78, 5) is 2.45. The Morgan fingerprint density at radius 1 is 0.789 bits per heavy atom. The summed E-state index contributed by atoms with van der Waals surface area (Å²) in [6.07, 6.45) is -6.71. The van der Waals surface area contributed by atoms with Crippen LogP contribution in [0.15, 0.2) is 60.7 Å². The monoisotopic (exact) mass is 580 g/mol. The lowest BCUT2D eigenvalue weighted by Crippen LogP contribution is -2.33. The number of nitrogens with one attached hydrogen (secondary N) is 1. The lowest BCUT2D eigenvalue weighted by atomic mass is 9.93. The molecule has 1 N–H and O–H groups in total. The van der Waals surface area contributed by atoms with E-state index in [9.17, 15) is 26.3 Å². The fourth-order valence-corrected chi connectivity index (χ4v) is 4.36. The summed E-state index contributed by atoms with van der Waals surface area (Å²) in [7, 11) is 0. The average Bonchev–Trinajstić information content (AvgIpc) is 2.85. The molecule has 0 unspecified atom stereocenters. The highest BCUT2D eigenvalue weighted by molar-refractivity contribution is 5.85. The van der Waals surface area contributed by atoms with Crippen LogP contribution in [0.4, 0.5) is 32.2 Å². The molecule has 0 atom stereocenters. The molecule has 2 aromatic carbocycles. The largest absolute Gasteiger partial charge is 0.416 e. The average molecular weight is 581 g/mol. The minimum absolute atomic E-state index is 0. The Labute approximate surface area is 229 Å².